The minimum absolute atomic E-state index is 0.173. The highest BCUT2D eigenvalue weighted by Crippen LogP contribution is 2.41. The average molecular weight is 354 g/mol. The number of carbonyl (C=O) groups is 1. The lowest BCUT2D eigenvalue weighted by molar-refractivity contribution is -0.136. The molecule has 0 bridgehead atoms. The van der Waals surface area contributed by atoms with Crippen molar-refractivity contribution in [2.24, 2.45) is 5.41 Å². The maximum atomic E-state index is 12.9. The molecular weight excluding hydrogens is 328 g/mol. The summed E-state index contributed by atoms with van der Waals surface area (Å²) in [6, 6.07) is 10.4. The fourth-order valence-corrected chi connectivity index (χ4v) is 4.26. The van der Waals surface area contributed by atoms with Crippen molar-refractivity contribution in [2.75, 3.05) is 39.9 Å². The van der Waals surface area contributed by atoms with Crippen LogP contribution in [-0.2, 0) is 16.1 Å². The van der Waals surface area contributed by atoms with Gasteiger partial charge in [0.15, 0.2) is 0 Å². The standard InChI is InChI=1S/C20H26N4O2/c1-26-13-12-23-11-7-20(19(23)25)6-10-22(16-20)15-17-4-2-5-18(14-17)24-9-3-8-21-24/h2-5,8-9,14H,6-7,10-13,15-16H2,1H3. The third-order valence-electron chi connectivity index (χ3n) is 5.69. The largest absolute Gasteiger partial charge is 0.383 e. The summed E-state index contributed by atoms with van der Waals surface area (Å²) in [5.41, 5.74) is 2.16. The Morgan fingerprint density at radius 1 is 1.23 bits per heavy atom. The normalized spacial score (nSPS) is 23.4. The number of nitrogens with zero attached hydrogens (tertiary/aromatic N) is 4. The van der Waals surface area contributed by atoms with Crippen molar-refractivity contribution in [3.63, 3.8) is 0 Å². The molecule has 1 amide bonds. The molecule has 2 saturated heterocycles. The van der Waals surface area contributed by atoms with E-state index < -0.39 is 0 Å². The van der Waals surface area contributed by atoms with Gasteiger partial charge in [-0.3, -0.25) is 9.69 Å². The van der Waals surface area contributed by atoms with E-state index in [0.717, 1.165) is 44.7 Å². The van der Waals surface area contributed by atoms with Crippen molar-refractivity contribution in [3.8, 4) is 5.69 Å². The molecule has 0 aliphatic carbocycles. The zero-order chi connectivity index (χ0) is 18.0. The Kier molecular flexibility index (Phi) is 4.78. The number of benzene rings is 1. The zero-order valence-electron chi connectivity index (χ0n) is 15.3. The summed E-state index contributed by atoms with van der Waals surface area (Å²) >= 11 is 0. The van der Waals surface area contributed by atoms with Gasteiger partial charge in [0.2, 0.25) is 5.91 Å². The summed E-state index contributed by atoms with van der Waals surface area (Å²) in [6.45, 7) is 4.92. The van der Waals surface area contributed by atoms with Gasteiger partial charge in [-0.05, 0) is 43.1 Å². The van der Waals surface area contributed by atoms with Crippen LogP contribution in [0.1, 0.15) is 18.4 Å². The Balaban J connectivity index is 1.41. The minimum atomic E-state index is -0.173. The van der Waals surface area contributed by atoms with E-state index in [1.54, 1.807) is 13.3 Å². The monoisotopic (exact) mass is 354 g/mol. The second-order valence-electron chi connectivity index (χ2n) is 7.40. The molecule has 1 unspecified atom stereocenters. The first kappa shape index (κ1) is 17.2. The highest BCUT2D eigenvalue weighted by molar-refractivity contribution is 5.85. The summed E-state index contributed by atoms with van der Waals surface area (Å²) in [7, 11) is 1.69. The van der Waals surface area contributed by atoms with E-state index in [1.165, 1.54) is 5.56 Å². The highest BCUT2D eigenvalue weighted by Gasteiger charge is 2.50. The van der Waals surface area contributed by atoms with Gasteiger partial charge in [0.25, 0.3) is 0 Å². The van der Waals surface area contributed by atoms with Gasteiger partial charge in [-0.2, -0.15) is 5.10 Å². The molecule has 2 fully saturated rings. The number of ether oxygens (including phenoxy) is 1. The lowest BCUT2D eigenvalue weighted by Gasteiger charge is -2.23. The first-order chi connectivity index (χ1) is 12.7. The van der Waals surface area contributed by atoms with Crippen molar-refractivity contribution in [1.82, 2.24) is 19.6 Å². The van der Waals surface area contributed by atoms with Crippen LogP contribution in [0.4, 0.5) is 0 Å². The predicted molar refractivity (Wildman–Crippen MR) is 99.0 cm³/mol. The lowest BCUT2D eigenvalue weighted by Crippen LogP contribution is -2.38. The van der Waals surface area contributed by atoms with E-state index >= 15 is 0 Å². The topological polar surface area (TPSA) is 50.6 Å². The minimum Gasteiger partial charge on any atom is -0.383 e. The highest BCUT2D eigenvalue weighted by atomic mass is 16.5. The van der Waals surface area contributed by atoms with Crippen LogP contribution in [0, 0.1) is 5.41 Å². The summed E-state index contributed by atoms with van der Waals surface area (Å²) < 4.78 is 7.01. The Hall–Kier alpha value is -2.18. The Bertz CT molecular complexity index is 761. The van der Waals surface area contributed by atoms with E-state index in [0.29, 0.717) is 19.1 Å². The van der Waals surface area contributed by atoms with E-state index in [9.17, 15) is 4.79 Å². The number of aromatic nitrogens is 2. The van der Waals surface area contributed by atoms with Crippen LogP contribution in [0.3, 0.4) is 0 Å². The van der Waals surface area contributed by atoms with Crippen molar-refractivity contribution in [1.29, 1.82) is 0 Å². The summed E-state index contributed by atoms with van der Waals surface area (Å²) in [5.74, 6) is 0.322. The van der Waals surface area contributed by atoms with E-state index in [1.807, 2.05) is 21.8 Å². The smallest absolute Gasteiger partial charge is 0.230 e. The van der Waals surface area contributed by atoms with Gasteiger partial charge in [0, 0.05) is 45.7 Å². The number of rotatable bonds is 6. The van der Waals surface area contributed by atoms with Crippen molar-refractivity contribution in [3.05, 3.63) is 48.3 Å². The molecule has 6 nitrogen and oxygen atoms in total. The number of amides is 1. The molecule has 0 N–H and O–H groups in total. The number of hydrogen-bond donors (Lipinski definition) is 0. The molecular formula is C20H26N4O2. The number of likely N-dealkylation sites (tertiary alicyclic amines) is 2. The van der Waals surface area contributed by atoms with Gasteiger partial charge in [-0.15, -0.1) is 0 Å². The molecule has 1 atom stereocenters. The Morgan fingerprint density at radius 2 is 2.12 bits per heavy atom. The molecule has 0 radical (unpaired) electrons. The second-order valence-corrected chi connectivity index (χ2v) is 7.40. The van der Waals surface area contributed by atoms with Crippen LogP contribution in [0.15, 0.2) is 42.7 Å². The summed E-state index contributed by atoms with van der Waals surface area (Å²) in [6.07, 6.45) is 5.68. The molecule has 1 spiro atoms. The molecule has 2 aliphatic rings. The molecule has 4 rings (SSSR count). The van der Waals surface area contributed by atoms with Crippen LogP contribution >= 0.6 is 0 Å². The SMILES string of the molecule is COCCN1CCC2(CCN(Cc3cccc(-n4cccn4)c3)C2)C1=O. The van der Waals surface area contributed by atoms with E-state index in [-0.39, 0.29) is 5.41 Å². The average Bonchev–Trinajstić information content (AvgIpc) is 3.38. The van der Waals surface area contributed by atoms with Gasteiger partial charge in [-0.25, -0.2) is 4.68 Å². The maximum Gasteiger partial charge on any atom is 0.230 e. The van der Waals surface area contributed by atoms with E-state index in [4.69, 9.17) is 4.74 Å². The molecule has 0 saturated carbocycles. The van der Waals surface area contributed by atoms with E-state index in [2.05, 4.69) is 34.3 Å². The van der Waals surface area contributed by atoms with Crippen molar-refractivity contribution >= 4 is 5.91 Å². The molecule has 26 heavy (non-hydrogen) atoms. The molecule has 3 heterocycles. The summed E-state index contributed by atoms with van der Waals surface area (Å²) in [5, 5.41) is 4.30. The molecule has 6 heteroatoms. The van der Waals surface area contributed by atoms with Gasteiger partial charge in [0.1, 0.15) is 0 Å². The van der Waals surface area contributed by atoms with Crippen molar-refractivity contribution < 1.29 is 9.53 Å². The molecule has 1 aromatic carbocycles. The fraction of sp³-hybridized carbons (Fsp3) is 0.500. The Morgan fingerprint density at radius 3 is 2.92 bits per heavy atom. The number of carbonyl (C=O) groups excluding carboxylic acids is 1. The van der Waals surface area contributed by atoms with Gasteiger partial charge < -0.3 is 9.64 Å². The van der Waals surface area contributed by atoms with Crippen LogP contribution in [0.5, 0.6) is 0 Å². The van der Waals surface area contributed by atoms with Gasteiger partial charge in [-0.1, -0.05) is 12.1 Å². The third-order valence-corrected chi connectivity index (χ3v) is 5.69. The lowest BCUT2D eigenvalue weighted by atomic mass is 9.85. The fourth-order valence-electron chi connectivity index (χ4n) is 4.26. The quantitative estimate of drug-likeness (QED) is 0.796. The molecule has 2 aromatic rings. The first-order valence-electron chi connectivity index (χ1n) is 9.30. The third kappa shape index (κ3) is 3.27. The Labute approximate surface area is 154 Å². The van der Waals surface area contributed by atoms with Crippen LogP contribution in [-0.4, -0.2) is 65.4 Å². The second kappa shape index (κ2) is 7.21. The van der Waals surface area contributed by atoms with Gasteiger partial charge in [0.05, 0.1) is 17.7 Å². The zero-order valence-corrected chi connectivity index (χ0v) is 15.3. The summed E-state index contributed by atoms with van der Waals surface area (Å²) in [4.78, 5) is 17.3. The molecule has 138 valence electrons. The van der Waals surface area contributed by atoms with Crippen LogP contribution in [0.2, 0.25) is 0 Å². The van der Waals surface area contributed by atoms with Gasteiger partial charge >= 0.3 is 0 Å². The van der Waals surface area contributed by atoms with Crippen LogP contribution in [0.25, 0.3) is 5.69 Å². The maximum absolute atomic E-state index is 12.9. The first-order valence-corrected chi connectivity index (χ1v) is 9.30. The predicted octanol–water partition coefficient (Wildman–Crippen LogP) is 1.94. The molecule has 1 aromatic heterocycles. The molecule has 2 aliphatic heterocycles. The van der Waals surface area contributed by atoms with Crippen LogP contribution < -0.4 is 0 Å². The number of methoxy groups -OCH3 is 1. The van der Waals surface area contributed by atoms with Crippen molar-refractivity contribution in [2.45, 2.75) is 19.4 Å². The number of hydrogen-bond acceptors (Lipinski definition) is 4.